The van der Waals surface area contributed by atoms with Crippen molar-refractivity contribution in [3.05, 3.63) is 63.6 Å². The van der Waals surface area contributed by atoms with Crippen LogP contribution in [0.2, 0.25) is 10.0 Å². The zero-order valence-corrected chi connectivity index (χ0v) is 17.6. The maximum atomic E-state index is 12.9. The van der Waals surface area contributed by atoms with Crippen LogP contribution in [0.1, 0.15) is 15.9 Å². The fourth-order valence-corrected chi connectivity index (χ4v) is 4.80. The first-order valence-corrected chi connectivity index (χ1v) is 10.9. The van der Waals surface area contributed by atoms with Crippen LogP contribution >= 0.6 is 23.2 Å². The van der Waals surface area contributed by atoms with Crippen molar-refractivity contribution in [1.82, 2.24) is 9.21 Å². The number of ether oxygens (including phenoxy) is 1. The molecule has 1 saturated heterocycles. The summed E-state index contributed by atoms with van der Waals surface area (Å²) in [5.41, 5.74) is 0.997. The van der Waals surface area contributed by atoms with E-state index in [0.29, 0.717) is 24.8 Å². The Morgan fingerprint density at radius 1 is 1.14 bits per heavy atom. The van der Waals surface area contributed by atoms with Crippen molar-refractivity contribution >= 4 is 39.1 Å². The molecule has 1 heterocycles. The van der Waals surface area contributed by atoms with Gasteiger partial charge in [0.2, 0.25) is 10.0 Å². The van der Waals surface area contributed by atoms with Gasteiger partial charge in [0.05, 0.1) is 28.7 Å². The number of sulfonamides is 1. The molecule has 1 fully saturated rings. The average Bonchev–Trinajstić information content (AvgIpc) is 2.68. The Kier molecular flexibility index (Phi) is 6.62. The molecule has 0 atom stereocenters. The molecule has 0 spiro atoms. The van der Waals surface area contributed by atoms with Gasteiger partial charge < -0.3 is 9.64 Å². The molecule has 2 aromatic carbocycles. The van der Waals surface area contributed by atoms with E-state index < -0.39 is 10.0 Å². The van der Waals surface area contributed by atoms with Crippen LogP contribution in [0.15, 0.2) is 47.4 Å². The van der Waals surface area contributed by atoms with Gasteiger partial charge in [-0.05, 0) is 35.9 Å². The molecular weight excluding hydrogens is 423 g/mol. The van der Waals surface area contributed by atoms with Crippen LogP contribution in [-0.2, 0) is 21.3 Å². The highest BCUT2D eigenvalue weighted by Gasteiger charge is 2.28. The number of benzene rings is 2. The molecule has 0 radical (unpaired) electrons. The van der Waals surface area contributed by atoms with E-state index in [1.54, 1.807) is 25.2 Å². The van der Waals surface area contributed by atoms with E-state index in [1.807, 2.05) is 6.07 Å². The van der Waals surface area contributed by atoms with Gasteiger partial charge in [0.25, 0.3) is 5.91 Å². The van der Waals surface area contributed by atoms with Crippen LogP contribution in [0.3, 0.4) is 0 Å². The Bertz CT molecular complexity index is 976. The van der Waals surface area contributed by atoms with Gasteiger partial charge in [-0.15, -0.1) is 0 Å². The standard InChI is InChI=1S/C19H20Cl2N2O4S/c1-22(13-14-3-2-4-15(20)11-14)19(24)17-12-16(5-6-18(17)21)28(25,26)23-7-9-27-10-8-23/h2-6,11-12H,7-10,13H2,1H3. The number of hydrogen-bond donors (Lipinski definition) is 0. The summed E-state index contributed by atoms with van der Waals surface area (Å²) < 4.78 is 32.3. The molecule has 6 nitrogen and oxygen atoms in total. The fourth-order valence-electron chi connectivity index (χ4n) is 2.95. The maximum absolute atomic E-state index is 12.9. The van der Waals surface area contributed by atoms with Crippen LogP contribution in [-0.4, -0.2) is 56.9 Å². The summed E-state index contributed by atoms with van der Waals surface area (Å²) in [6, 6.07) is 11.4. The Morgan fingerprint density at radius 3 is 2.54 bits per heavy atom. The third kappa shape index (κ3) is 4.67. The van der Waals surface area contributed by atoms with Crippen LogP contribution in [0.25, 0.3) is 0 Å². The van der Waals surface area contributed by atoms with Gasteiger partial charge in [-0.1, -0.05) is 35.3 Å². The molecular formula is C19H20Cl2N2O4S. The molecule has 1 amide bonds. The van der Waals surface area contributed by atoms with Crippen LogP contribution in [0.5, 0.6) is 0 Å². The minimum atomic E-state index is -3.72. The SMILES string of the molecule is CN(Cc1cccc(Cl)c1)C(=O)c1cc(S(=O)(=O)N2CCOCC2)ccc1Cl. The van der Waals surface area contributed by atoms with E-state index in [4.69, 9.17) is 27.9 Å². The fraction of sp³-hybridized carbons (Fsp3) is 0.316. The zero-order valence-electron chi connectivity index (χ0n) is 15.3. The van der Waals surface area contributed by atoms with Gasteiger partial charge in [-0.3, -0.25) is 4.79 Å². The molecule has 28 heavy (non-hydrogen) atoms. The minimum Gasteiger partial charge on any atom is -0.379 e. The van der Waals surface area contributed by atoms with Crippen molar-refractivity contribution < 1.29 is 17.9 Å². The van der Waals surface area contributed by atoms with E-state index in [9.17, 15) is 13.2 Å². The number of morpholine rings is 1. The van der Waals surface area contributed by atoms with Gasteiger partial charge in [0, 0.05) is 31.7 Å². The molecule has 9 heteroatoms. The molecule has 2 aromatic rings. The van der Waals surface area contributed by atoms with Crippen molar-refractivity contribution in [1.29, 1.82) is 0 Å². The Hall–Kier alpha value is -1.64. The van der Waals surface area contributed by atoms with Gasteiger partial charge in [-0.2, -0.15) is 4.31 Å². The summed E-state index contributed by atoms with van der Waals surface area (Å²) in [5, 5.41) is 0.777. The van der Waals surface area contributed by atoms with Crippen molar-refractivity contribution in [2.24, 2.45) is 0 Å². The van der Waals surface area contributed by atoms with Gasteiger partial charge >= 0.3 is 0 Å². The van der Waals surface area contributed by atoms with E-state index in [1.165, 1.54) is 27.4 Å². The highest BCUT2D eigenvalue weighted by atomic mass is 35.5. The summed E-state index contributed by atoms with van der Waals surface area (Å²) in [6.45, 7) is 1.57. The number of rotatable bonds is 5. The van der Waals surface area contributed by atoms with Crippen molar-refractivity contribution in [3.8, 4) is 0 Å². The van der Waals surface area contributed by atoms with Crippen LogP contribution < -0.4 is 0 Å². The zero-order chi connectivity index (χ0) is 20.3. The number of amides is 1. The Labute approximate surface area is 174 Å². The van der Waals surface area contributed by atoms with E-state index >= 15 is 0 Å². The molecule has 0 aromatic heterocycles. The Morgan fingerprint density at radius 2 is 1.86 bits per heavy atom. The van der Waals surface area contributed by atoms with Crippen molar-refractivity contribution in [2.45, 2.75) is 11.4 Å². The van der Waals surface area contributed by atoms with Gasteiger partial charge in [0.15, 0.2) is 0 Å². The molecule has 0 N–H and O–H groups in total. The van der Waals surface area contributed by atoms with E-state index in [-0.39, 0.29) is 34.5 Å². The lowest BCUT2D eigenvalue weighted by Gasteiger charge is -2.26. The first kappa shape index (κ1) is 21.1. The predicted molar refractivity (Wildman–Crippen MR) is 108 cm³/mol. The molecule has 3 rings (SSSR count). The summed E-state index contributed by atoms with van der Waals surface area (Å²) in [6.07, 6.45) is 0. The normalized spacial score (nSPS) is 15.4. The number of nitrogens with zero attached hydrogens (tertiary/aromatic N) is 2. The smallest absolute Gasteiger partial charge is 0.255 e. The lowest BCUT2D eigenvalue weighted by atomic mass is 10.1. The highest BCUT2D eigenvalue weighted by Crippen LogP contribution is 2.25. The summed E-state index contributed by atoms with van der Waals surface area (Å²) in [4.78, 5) is 14.4. The topological polar surface area (TPSA) is 66.9 Å². The Balaban J connectivity index is 1.85. The number of carbonyl (C=O) groups is 1. The molecule has 150 valence electrons. The minimum absolute atomic E-state index is 0.0401. The number of halogens is 2. The molecule has 1 aliphatic heterocycles. The molecule has 0 unspecified atom stereocenters. The van der Waals surface area contributed by atoms with Gasteiger partial charge in [-0.25, -0.2) is 8.42 Å². The first-order chi connectivity index (χ1) is 13.3. The quantitative estimate of drug-likeness (QED) is 0.712. The third-order valence-electron chi connectivity index (χ3n) is 4.43. The van der Waals surface area contributed by atoms with E-state index in [0.717, 1.165) is 5.56 Å². The summed E-state index contributed by atoms with van der Waals surface area (Å²) >= 11 is 12.2. The van der Waals surface area contributed by atoms with E-state index in [2.05, 4.69) is 0 Å². The van der Waals surface area contributed by atoms with Gasteiger partial charge in [0.1, 0.15) is 0 Å². The molecule has 0 aliphatic carbocycles. The monoisotopic (exact) mass is 442 g/mol. The second-order valence-electron chi connectivity index (χ2n) is 6.45. The second-order valence-corrected chi connectivity index (χ2v) is 9.23. The molecule has 0 bridgehead atoms. The molecule has 1 aliphatic rings. The van der Waals surface area contributed by atoms with Crippen molar-refractivity contribution in [2.75, 3.05) is 33.4 Å². The lowest BCUT2D eigenvalue weighted by molar-refractivity contribution is 0.0730. The first-order valence-electron chi connectivity index (χ1n) is 8.66. The largest absolute Gasteiger partial charge is 0.379 e. The summed E-state index contributed by atoms with van der Waals surface area (Å²) in [7, 11) is -2.09. The number of carbonyl (C=O) groups excluding carboxylic acids is 1. The predicted octanol–water partition coefficient (Wildman–Crippen LogP) is 3.29. The third-order valence-corrected chi connectivity index (χ3v) is 6.89. The average molecular weight is 443 g/mol. The highest BCUT2D eigenvalue weighted by molar-refractivity contribution is 7.89. The summed E-state index contributed by atoms with van der Waals surface area (Å²) in [5.74, 6) is -0.371. The van der Waals surface area contributed by atoms with Crippen LogP contribution in [0, 0.1) is 0 Å². The van der Waals surface area contributed by atoms with Crippen molar-refractivity contribution in [3.63, 3.8) is 0 Å². The van der Waals surface area contributed by atoms with Crippen LogP contribution in [0.4, 0.5) is 0 Å². The molecule has 0 saturated carbocycles. The maximum Gasteiger partial charge on any atom is 0.255 e. The number of hydrogen-bond acceptors (Lipinski definition) is 4. The lowest BCUT2D eigenvalue weighted by Crippen LogP contribution is -2.40. The second kappa shape index (κ2) is 8.80.